The highest BCUT2D eigenvalue weighted by molar-refractivity contribution is 6.07. The van der Waals surface area contributed by atoms with E-state index in [0.29, 0.717) is 38.4 Å². The van der Waals surface area contributed by atoms with Crippen molar-refractivity contribution in [3.63, 3.8) is 0 Å². The summed E-state index contributed by atoms with van der Waals surface area (Å²) in [6.45, 7) is 8.95. The van der Waals surface area contributed by atoms with Crippen LogP contribution in [0.15, 0.2) is 36.4 Å². The minimum absolute atomic E-state index is 0.0361. The van der Waals surface area contributed by atoms with Crippen LogP contribution in [0.2, 0.25) is 0 Å². The maximum atomic E-state index is 13.0. The van der Waals surface area contributed by atoms with Gasteiger partial charge in [0.05, 0.1) is 0 Å². The smallest absolute Gasteiger partial charge is 0.238 e. The van der Waals surface area contributed by atoms with Gasteiger partial charge in [0.25, 0.3) is 0 Å². The summed E-state index contributed by atoms with van der Waals surface area (Å²) in [5.41, 5.74) is 0.433. The molecule has 0 atom stereocenters. The van der Waals surface area contributed by atoms with Gasteiger partial charge in [-0.15, -0.1) is 0 Å². The molecule has 1 saturated carbocycles. The average molecular weight is 384 g/mol. The van der Waals surface area contributed by atoms with Crippen molar-refractivity contribution in [2.75, 3.05) is 39.3 Å². The number of rotatable bonds is 8. The first-order chi connectivity index (χ1) is 13.5. The molecule has 0 aromatic heterocycles. The highest BCUT2D eigenvalue weighted by atomic mass is 16.2. The number of benzene rings is 1. The summed E-state index contributed by atoms with van der Waals surface area (Å²) in [4.78, 5) is 29.8. The molecule has 1 aliphatic carbocycles. The third-order valence-corrected chi connectivity index (χ3v) is 5.73. The lowest BCUT2D eigenvalue weighted by molar-refractivity contribution is -0.145. The van der Waals surface area contributed by atoms with E-state index in [0.717, 1.165) is 26.1 Å². The molecule has 0 spiro atoms. The van der Waals surface area contributed by atoms with Gasteiger partial charge in [0.15, 0.2) is 0 Å². The van der Waals surface area contributed by atoms with Gasteiger partial charge in [-0.25, -0.2) is 0 Å². The van der Waals surface area contributed by atoms with E-state index in [1.165, 1.54) is 5.56 Å². The summed E-state index contributed by atoms with van der Waals surface area (Å²) in [6, 6.07) is 10.3. The number of nitrogens with one attached hydrogen (secondary N) is 1. The van der Waals surface area contributed by atoms with Crippen molar-refractivity contribution in [3.05, 3.63) is 42.0 Å². The van der Waals surface area contributed by atoms with Crippen LogP contribution in [0.1, 0.15) is 38.7 Å². The molecule has 5 heteroatoms. The van der Waals surface area contributed by atoms with Crippen molar-refractivity contribution in [2.45, 2.75) is 33.1 Å². The number of carbonyl (C=O) groups excluding carboxylic acids is 2. The lowest BCUT2D eigenvalue weighted by Gasteiger charge is -2.36. The standard InChI is InChI=1S/C23H33N3O2/c1-19(2)10-13-24-21(27)23(11-12-23)22(28)26-17-15-25(16-18-26)14-6-9-20-7-4-3-5-8-20/h3-9,19H,10-18H2,1-2H3,(H,24,27)/b9-6+. The van der Waals surface area contributed by atoms with Gasteiger partial charge in [-0.05, 0) is 30.7 Å². The second-order valence-corrected chi connectivity index (χ2v) is 8.43. The molecular formula is C23H33N3O2. The summed E-state index contributed by atoms with van der Waals surface area (Å²) in [6.07, 6.45) is 6.65. The Morgan fingerprint density at radius 3 is 2.39 bits per heavy atom. The van der Waals surface area contributed by atoms with Crippen LogP contribution in [0.4, 0.5) is 0 Å². The van der Waals surface area contributed by atoms with E-state index >= 15 is 0 Å². The fourth-order valence-corrected chi connectivity index (χ4v) is 3.64. The maximum absolute atomic E-state index is 13.0. The maximum Gasteiger partial charge on any atom is 0.238 e. The highest BCUT2D eigenvalue weighted by Crippen LogP contribution is 2.47. The van der Waals surface area contributed by atoms with Gasteiger partial charge >= 0.3 is 0 Å². The predicted molar refractivity (Wildman–Crippen MR) is 113 cm³/mol. The molecule has 1 aromatic carbocycles. The number of hydrogen-bond acceptors (Lipinski definition) is 3. The molecule has 1 N–H and O–H groups in total. The average Bonchev–Trinajstić information content (AvgIpc) is 3.50. The molecular weight excluding hydrogens is 350 g/mol. The van der Waals surface area contributed by atoms with E-state index in [-0.39, 0.29) is 11.8 Å². The predicted octanol–water partition coefficient (Wildman–Crippen LogP) is 2.79. The minimum atomic E-state index is -0.771. The number of carbonyl (C=O) groups is 2. The Kier molecular flexibility index (Phi) is 6.89. The van der Waals surface area contributed by atoms with E-state index in [1.807, 2.05) is 23.1 Å². The van der Waals surface area contributed by atoms with Gasteiger partial charge in [-0.2, -0.15) is 0 Å². The lowest BCUT2D eigenvalue weighted by atomic mass is 10.0. The van der Waals surface area contributed by atoms with Crippen LogP contribution in [0, 0.1) is 11.3 Å². The molecule has 2 aliphatic rings. The SMILES string of the molecule is CC(C)CCNC(=O)C1(C(=O)N2CCN(C/C=C/c3ccccc3)CC2)CC1. The van der Waals surface area contributed by atoms with Gasteiger partial charge in [-0.3, -0.25) is 14.5 Å². The molecule has 0 unspecified atom stereocenters. The number of hydrogen-bond donors (Lipinski definition) is 1. The monoisotopic (exact) mass is 383 g/mol. The molecule has 152 valence electrons. The first-order valence-electron chi connectivity index (χ1n) is 10.5. The number of piperazine rings is 1. The second kappa shape index (κ2) is 9.37. The first kappa shape index (κ1) is 20.6. The van der Waals surface area contributed by atoms with E-state index in [2.05, 4.69) is 48.3 Å². The van der Waals surface area contributed by atoms with Gasteiger partial charge in [0.2, 0.25) is 11.8 Å². The fourth-order valence-electron chi connectivity index (χ4n) is 3.64. The Hall–Kier alpha value is -2.14. The Balaban J connectivity index is 1.43. The summed E-state index contributed by atoms with van der Waals surface area (Å²) in [5.74, 6) is 0.524. The third kappa shape index (κ3) is 5.22. The Labute approximate surface area is 168 Å². The molecule has 1 heterocycles. The third-order valence-electron chi connectivity index (χ3n) is 5.73. The number of amides is 2. The summed E-state index contributed by atoms with van der Waals surface area (Å²) in [5, 5.41) is 2.98. The first-order valence-corrected chi connectivity index (χ1v) is 10.5. The van der Waals surface area contributed by atoms with E-state index in [1.54, 1.807) is 0 Å². The summed E-state index contributed by atoms with van der Waals surface area (Å²) < 4.78 is 0. The van der Waals surface area contributed by atoms with E-state index < -0.39 is 5.41 Å². The minimum Gasteiger partial charge on any atom is -0.355 e. The molecule has 5 nitrogen and oxygen atoms in total. The zero-order valence-corrected chi connectivity index (χ0v) is 17.2. The fraction of sp³-hybridized carbons (Fsp3) is 0.565. The van der Waals surface area contributed by atoms with Crippen LogP contribution < -0.4 is 5.32 Å². The molecule has 2 fully saturated rings. The van der Waals surface area contributed by atoms with Crippen LogP contribution in [-0.2, 0) is 9.59 Å². The summed E-state index contributed by atoms with van der Waals surface area (Å²) >= 11 is 0. The normalized spacial score (nSPS) is 19.2. The Morgan fingerprint density at radius 2 is 1.79 bits per heavy atom. The molecule has 1 aromatic rings. The van der Waals surface area contributed by atoms with Crippen molar-refractivity contribution in [1.29, 1.82) is 0 Å². The Morgan fingerprint density at radius 1 is 1.11 bits per heavy atom. The quantitative estimate of drug-likeness (QED) is 0.703. The van der Waals surface area contributed by atoms with Crippen LogP contribution in [0.25, 0.3) is 6.08 Å². The van der Waals surface area contributed by atoms with Crippen molar-refractivity contribution in [2.24, 2.45) is 11.3 Å². The zero-order valence-electron chi connectivity index (χ0n) is 17.2. The van der Waals surface area contributed by atoms with E-state index in [9.17, 15) is 9.59 Å². The molecule has 28 heavy (non-hydrogen) atoms. The molecule has 0 bridgehead atoms. The molecule has 2 amide bonds. The van der Waals surface area contributed by atoms with Crippen LogP contribution in [-0.4, -0.2) is 60.9 Å². The molecule has 3 rings (SSSR count). The second-order valence-electron chi connectivity index (χ2n) is 8.43. The highest BCUT2D eigenvalue weighted by Gasteiger charge is 2.57. The van der Waals surface area contributed by atoms with Crippen molar-refractivity contribution in [3.8, 4) is 0 Å². The summed E-state index contributed by atoms with van der Waals surface area (Å²) in [7, 11) is 0. The van der Waals surface area contributed by atoms with Crippen molar-refractivity contribution in [1.82, 2.24) is 15.1 Å². The van der Waals surface area contributed by atoms with Crippen LogP contribution in [0.5, 0.6) is 0 Å². The lowest BCUT2D eigenvalue weighted by Crippen LogP contribution is -2.53. The van der Waals surface area contributed by atoms with Crippen molar-refractivity contribution >= 4 is 17.9 Å². The van der Waals surface area contributed by atoms with Gasteiger partial charge in [-0.1, -0.05) is 56.3 Å². The van der Waals surface area contributed by atoms with E-state index in [4.69, 9.17) is 0 Å². The zero-order chi connectivity index (χ0) is 20.0. The van der Waals surface area contributed by atoms with Gasteiger partial charge in [0, 0.05) is 39.3 Å². The van der Waals surface area contributed by atoms with Gasteiger partial charge < -0.3 is 10.2 Å². The van der Waals surface area contributed by atoms with Crippen LogP contribution in [0.3, 0.4) is 0 Å². The van der Waals surface area contributed by atoms with Gasteiger partial charge in [0.1, 0.15) is 5.41 Å². The molecule has 1 saturated heterocycles. The van der Waals surface area contributed by atoms with Crippen molar-refractivity contribution < 1.29 is 9.59 Å². The van der Waals surface area contributed by atoms with Crippen LogP contribution >= 0.6 is 0 Å². The molecule has 1 aliphatic heterocycles. The largest absolute Gasteiger partial charge is 0.355 e. The molecule has 0 radical (unpaired) electrons. The Bertz CT molecular complexity index is 687. The topological polar surface area (TPSA) is 52.7 Å². The number of nitrogens with zero attached hydrogens (tertiary/aromatic N) is 2.